The Morgan fingerprint density at radius 3 is 2.24 bits per heavy atom. The van der Waals surface area contributed by atoms with Crippen molar-refractivity contribution in [2.75, 3.05) is 6.54 Å². The van der Waals surface area contributed by atoms with Gasteiger partial charge in [-0.25, -0.2) is 0 Å². The maximum atomic E-state index is 6.08. The average molecular weight is 238 g/mol. The Balaban J connectivity index is 1.86. The van der Waals surface area contributed by atoms with Gasteiger partial charge in [0.05, 0.1) is 0 Å². The molecule has 0 heterocycles. The minimum absolute atomic E-state index is 0.285. The van der Waals surface area contributed by atoms with E-state index in [-0.39, 0.29) is 5.54 Å². The number of nitrogens with two attached hydrogens (primary N) is 1. The van der Waals surface area contributed by atoms with Crippen LogP contribution in [-0.2, 0) is 0 Å². The highest BCUT2D eigenvalue weighted by molar-refractivity contribution is 4.96. The summed E-state index contributed by atoms with van der Waals surface area (Å²) in [5.74, 6) is 0.961. The van der Waals surface area contributed by atoms with Gasteiger partial charge in [0, 0.05) is 18.1 Å². The Hall–Kier alpha value is -0.0800. The topological polar surface area (TPSA) is 38.0 Å². The third-order valence-electron chi connectivity index (χ3n) is 5.15. The van der Waals surface area contributed by atoms with Crippen LogP contribution in [-0.4, -0.2) is 18.1 Å². The van der Waals surface area contributed by atoms with Crippen molar-refractivity contribution in [2.45, 2.75) is 82.7 Å². The summed E-state index contributed by atoms with van der Waals surface area (Å²) in [6.07, 6.45) is 13.7. The fourth-order valence-corrected chi connectivity index (χ4v) is 3.73. The van der Waals surface area contributed by atoms with E-state index in [1.165, 1.54) is 64.2 Å². The summed E-state index contributed by atoms with van der Waals surface area (Å²) in [4.78, 5) is 0. The minimum Gasteiger partial charge on any atom is -0.329 e. The molecule has 2 aliphatic carbocycles. The van der Waals surface area contributed by atoms with Crippen LogP contribution in [0, 0.1) is 5.92 Å². The molecule has 0 aliphatic heterocycles. The standard InChI is InChI=1S/C15H30N2/c1-2-13-8-10-15(12-16,11-9-13)17-14-6-4-3-5-7-14/h13-14,17H,2-12,16H2,1H3. The first-order chi connectivity index (χ1) is 8.28. The van der Waals surface area contributed by atoms with Crippen molar-refractivity contribution in [3.63, 3.8) is 0 Å². The van der Waals surface area contributed by atoms with Gasteiger partial charge in [-0.2, -0.15) is 0 Å². The summed E-state index contributed by atoms with van der Waals surface area (Å²) >= 11 is 0. The summed E-state index contributed by atoms with van der Waals surface area (Å²) in [6, 6.07) is 0.755. The van der Waals surface area contributed by atoms with Gasteiger partial charge in [-0.05, 0) is 44.4 Å². The Labute approximate surface area is 107 Å². The van der Waals surface area contributed by atoms with Crippen LogP contribution in [0.15, 0.2) is 0 Å². The molecular weight excluding hydrogens is 208 g/mol. The minimum atomic E-state index is 0.285. The quantitative estimate of drug-likeness (QED) is 0.789. The van der Waals surface area contributed by atoms with Gasteiger partial charge >= 0.3 is 0 Å². The van der Waals surface area contributed by atoms with E-state index < -0.39 is 0 Å². The molecular formula is C15H30N2. The summed E-state index contributed by atoms with van der Waals surface area (Å²) in [7, 11) is 0. The first-order valence-electron chi connectivity index (χ1n) is 7.76. The molecule has 2 saturated carbocycles. The number of hydrogen-bond acceptors (Lipinski definition) is 2. The van der Waals surface area contributed by atoms with E-state index in [2.05, 4.69) is 12.2 Å². The van der Waals surface area contributed by atoms with E-state index in [1.807, 2.05) is 0 Å². The lowest BCUT2D eigenvalue weighted by atomic mass is 9.74. The first kappa shape index (κ1) is 13.4. The number of nitrogens with one attached hydrogen (secondary N) is 1. The third kappa shape index (κ3) is 3.45. The molecule has 2 heteroatoms. The molecule has 0 aromatic carbocycles. The smallest absolute Gasteiger partial charge is 0.0306 e. The lowest BCUT2D eigenvalue weighted by Crippen LogP contribution is -2.57. The van der Waals surface area contributed by atoms with Gasteiger partial charge in [0.1, 0.15) is 0 Å². The fourth-order valence-electron chi connectivity index (χ4n) is 3.73. The van der Waals surface area contributed by atoms with Gasteiger partial charge in [0.25, 0.3) is 0 Å². The molecule has 0 unspecified atom stereocenters. The lowest BCUT2D eigenvalue weighted by molar-refractivity contribution is 0.161. The van der Waals surface area contributed by atoms with Crippen molar-refractivity contribution < 1.29 is 0 Å². The molecule has 2 fully saturated rings. The first-order valence-corrected chi connectivity index (χ1v) is 7.76. The maximum absolute atomic E-state index is 6.08. The van der Waals surface area contributed by atoms with Crippen molar-refractivity contribution in [3.8, 4) is 0 Å². The van der Waals surface area contributed by atoms with Gasteiger partial charge in [0.2, 0.25) is 0 Å². The molecule has 3 N–H and O–H groups in total. The molecule has 0 saturated heterocycles. The predicted molar refractivity (Wildman–Crippen MR) is 74.0 cm³/mol. The third-order valence-corrected chi connectivity index (χ3v) is 5.15. The summed E-state index contributed by atoms with van der Waals surface area (Å²) in [5.41, 5.74) is 6.37. The van der Waals surface area contributed by atoms with Crippen LogP contribution in [0.3, 0.4) is 0 Å². The van der Waals surface area contributed by atoms with E-state index in [0.717, 1.165) is 18.5 Å². The van der Waals surface area contributed by atoms with Gasteiger partial charge in [0.15, 0.2) is 0 Å². The van der Waals surface area contributed by atoms with Gasteiger partial charge in [-0.1, -0.05) is 32.6 Å². The molecule has 0 bridgehead atoms. The molecule has 0 aromatic heterocycles. The SMILES string of the molecule is CCC1CCC(CN)(NC2CCCCC2)CC1. The maximum Gasteiger partial charge on any atom is 0.0306 e. The second kappa shape index (κ2) is 6.19. The highest BCUT2D eigenvalue weighted by Crippen LogP contribution is 2.34. The van der Waals surface area contributed by atoms with Crippen LogP contribution < -0.4 is 11.1 Å². The fraction of sp³-hybridized carbons (Fsp3) is 1.00. The Morgan fingerprint density at radius 1 is 1.06 bits per heavy atom. The molecule has 2 rings (SSSR count). The van der Waals surface area contributed by atoms with Crippen molar-refractivity contribution in [1.29, 1.82) is 0 Å². The van der Waals surface area contributed by atoms with E-state index in [0.29, 0.717) is 0 Å². The second-order valence-electron chi connectivity index (χ2n) is 6.32. The van der Waals surface area contributed by atoms with Crippen molar-refractivity contribution >= 4 is 0 Å². The normalized spacial score (nSPS) is 36.0. The average Bonchev–Trinajstić information content (AvgIpc) is 2.41. The number of rotatable bonds is 4. The van der Waals surface area contributed by atoms with E-state index in [1.54, 1.807) is 0 Å². The molecule has 0 aromatic rings. The zero-order valence-corrected chi connectivity index (χ0v) is 11.5. The molecule has 2 nitrogen and oxygen atoms in total. The van der Waals surface area contributed by atoms with Gasteiger partial charge in [-0.15, -0.1) is 0 Å². The summed E-state index contributed by atoms with van der Waals surface area (Å²) in [6.45, 7) is 3.16. The zero-order chi connectivity index (χ0) is 12.1. The largest absolute Gasteiger partial charge is 0.329 e. The molecule has 0 radical (unpaired) electrons. The van der Waals surface area contributed by atoms with Crippen LogP contribution in [0.25, 0.3) is 0 Å². The molecule has 2 aliphatic rings. The molecule has 0 atom stereocenters. The predicted octanol–water partition coefficient (Wildman–Crippen LogP) is 3.21. The van der Waals surface area contributed by atoms with Crippen molar-refractivity contribution in [3.05, 3.63) is 0 Å². The highest BCUT2D eigenvalue weighted by atomic mass is 15.0. The Kier molecular flexibility index (Phi) is 4.87. The summed E-state index contributed by atoms with van der Waals surface area (Å²) in [5, 5.41) is 3.94. The van der Waals surface area contributed by atoms with E-state index >= 15 is 0 Å². The summed E-state index contributed by atoms with van der Waals surface area (Å²) < 4.78 is 0. The van der Waals surface area contributed by atoms with Crippen LogP contribution in [0.2, 0.25) is 0 Å². The van der Waals surface area contributed by atoms with E-state index in [9.17, 15) is 0 Å². The molecule has 0 amide bonds. The highest BCUT2D eigenvalue weighted by Gasteiger charge is 2.35. The van der Waals surface area contributed by atoms with Crippen LogP contribution in [0.5, 0.6) is 0 Å². The zero-order valence-electron chi connectivity index (χ0n) is 11.5. The van der Waals surface area contributed by atoms with Crippen molar-refractivity contribution in [1.82, 2.24) is 5.32 Å². The Bertz CT molecular complexity index is 213. The van der Waals surface area contributed by atoms with E-state index in [4.69, 9.17) is 5.73 Å². The van der Waals surface area contributed by atoms with Crippen LogP contribution >= 0.6 is 0 Å². The molecule has 0 spiro atoms. The van der Waals surface area contributed by atoms with Crippen LogP contribution in [0.4, 0.5) is 0 Å². The molecule has 100 valence electrons. The van der Waals surface area contributed by atoms with Gasteiger partial charge < -0.3 is 11.1 Å². The van der Waals surface area contributed by atoms with Crippen LogP contribution in [0.1, 0.15) is 71.1 Å². The second-order valence-corrected chi connectivity index (χ2v) is 6.32. The van der Waals surface area contributed by atoms with Gasteiger partial charge in [-0.3, -0.25) is 0 Å². The number of hydrogen-bond donors (Lipinski definition) is 2. The van der Waals surface area contributed by atoms with Crippen molar-refractivity contribution in [2.24, 2.45) is 11.7 Å². The lowest BCUT2D eigenvalue weighted by Gasteiger charge is -2.43. The molecule has 17 heavy (non-hydrogen) atoms. The monoisotopic (exact) mass is 238 g/mol. The Morgan fingerprint density at radius 2 is 1.71 bits per heavy atom.